The van der Waals surface area contributed by atoms with Gasteiger partial charge in [0.15, 0.2) is 6.67 Å². The van der Waals surface area contributed by atoms with Crippen molar-refractivity contribution in [1.82, 2.24) is 24.3 Å². The van der Waals surface area contributed by atoms with Gasteiger partial charge in [0.05, 0.1) is 31.9 Å². The molecular weight excluding hydrogens is 346 g/mol. The van der Waals surface area contributed by atoms with Gasteiger partial charge in [0.1, 0.15) is 6.33 Å². The molecule has 0 aliphatic carbocycles. The fourth-order valence-corrected chi connectivity index (χ4v) is 3.55. The van der Waals surface area contributed by atoms with Crippen molar-refractivity contribution in [2.45, 2.75) is 13.6 Å². The third kappa shape index (κ3) is 3.38. The molecule has 1 saturated heterocycles. The van der Waals surface area contributed by atoms with Crippen LogP contribution in [0.5, 0.6) is 0 Å². The number of aryl methyl sites for hydroxylation is 1. The molecule has 3 heterocycles. The number of hydrogen-bond donors (Lipinski definition) is 1. The monoisotopic (exact) mass is 368 g/mol. The normalized spacial score (nSPS) is 15.3. The van der Waals surface area contributed by atoms with E-state index in [-0.39, 0.29) is 0 Å². The number of aromatic nitrogens is 5. The second-order valence-corrected chi connectivity index (χ2v) is 6.88. The van der Waals surface area contributed by atoms with E-state index in [0.29, 0.717) is 0 Å². The minimum Gasteiger partial charge on any atom is -0.330 e. The van der Waals surface area contributed by atoms with Crippen molar-refractivity contribution < 1.29 is 4.90 Å². The molecule has 1 aliphatic heterocycles. The first-order chi connectivity index (χ1) is 12.7. The van der Waals surface area contributed by atoms with Crippen molar-refractivity contribution in [3.05, 3.63) is 59.4 Å². The Hall–Kier alpha value is -2.58. The van der Waals surface area contributed by atoms with E-state index in [2.05, 4.69) is 39.0 Å². The van der Waals surface area contributed by atoms with Gasteiger partial charge < -0.3 is 9.80 Å². The number of anilines is 1. The molecule has 0 amide bonds. The molecule has 26 heavy (non-hydrogen) atoms. The van der Waals surface area contributed by atoms with E-state index in [1.165, 1.54) is 10.5 Å². The number of quaternary nitrogens is 1. The third-order valence-corrected chi connectivity index (χ3v) is 5.19. The first-order valence-electron chi connectivity index (χ1n) is 8.78. The quantitative estimate of drug-likeness (QED) is 0.693. The van der Waals surface area contributed by atoms with E-state index in [0.717, 1.165) is 49.3 Å². The lowest BCUT2D eigenvalue weighted by Crippen LogP contribution is -3.14. The molecule has 0 bridgehead atoms. The Balaban J connectivity index is 1.43. The summed E-state index contributed by atoms with van der Waals surface area (Å²) in [5, 5.41) is 4.52. The molecule has 1 fully saturated rings. The second-order valence-electron chi connectivity index (χ2n) is 6.51. The van der Waals surface area contributed by atoms with E-state index in [1.54, 1.807) is 12.4 Å². The van der Waals surface area contributed by atoms with E-state index in [4.69, 9.17) is 12.2 Å². The van der Waals surface area contributed by atoms with Crippen LogP contribution in [0.1, 0.15) is 5.56 Å². The average molecular weight is 368 g/mol. The van der Waals surface area contributed by atoms with E-state index in [9.17, 15) is 0 Å². The van der Waals surface area contributed by atoms with Crippen molar-refractivity contribution >= 4 is 18.2 Å². The number of benzene rings is 1. The van der Waals surface area contributed by atoms with Gasteiger partial charge >= 0.3 is 0 Å². The lowest BCUT2D eigenvalue weighted by Gasteiger charge is -2.31. The molecule has 0 saturated carbocycles. The summed E-state index contributed by atoms with van der Waals surface area (Å²) in [5.41, 5.74) is 2.27. The molecule has 3 aromatic rings. The minimum absolute atomic E-state index is 0.737. The standard InChI is InChI=1S/C18H21N7S/c1-15-5-2-3-6-16(15)24-13-21-25(18(24)26)14-22-9-11-23(12-10-22)17-19-7-4-8-20-17/h2-8,13H,9-12,14H2,1H3/p+1. The lowest BCUT2D eigenvalue weighted by atomic mass is 10.2. The van der Waals surface area contributed by atoms with Crippen LogP contribution in [-0.4, -0.2) is 50.5 Å². The first-order valence-corrected chi connectivity index (χ1v) is 9.19. The zero-order valence-corrected chi connectivity index (χ0v) is 15.6. The topological polar surface area (TPSA) is 56.2 Å². The molecule has 7 nitrogen and oxygen atoms in total. The molecule has 8 heteroatoms. The van der Waals surface area contributed by atoms with Gasteiger partial charge in [-0.1, -0.05) is 18.2 Å². The molecule has 4 rings (SSSR count). The number of rotatable bonds is 4. The SMILES string of the molecule is Cc1ccccc1-n1cnn(C[NH+]2CCN(c3ncccn3)CC2)c1=S. The van der Waals surface area contributed by atoms with Crippen molar-refractivity contribution in [2.75, 3.05) is 31.1 Å². The molecule has 1 aliphatic rings. The molecule has 1 N–H and O–H groups in total. The maximum absolute atomic E-state index is 5.65. The number of nitrogens with zero attached hydrogens (tertiary/aromatic N) is 6. The Morgan fingerprint density at radius 2 is 1.81 bits per heavy atom. The molecule has 0 unspecified atom stereocenters. The van der Waals surface area contributed by atoms with Crippen molar-refractivity contribution in [3.63, 3.8) is 0 Å². The van der Waals surface area contributed by atoms with Gasteiger partial charge in [0, 0.05) is 12.4 Å². The summed E-state index contributed by atoms with van der Waals surface area (Å²) in [6.07, 6.45) is 5.40. The fraction of sp³-hybridized carbons (Fsp3) is 0.333. The van der Waals surface area contributed by atoms with Crippen LogP contribution >= 0.6 is 12.2 Å². The molecule has 1 aromatic carbocycles. The Kier molecular flexibility index (Phi) is 4.77. The summed E-state index contributed by atoms with van der Waals surface area (Å²) in [6, 6.07) is 10.1. The summed E-state index contributed by atoms with van der Waals surface area (Å²) in [5.74, 6) is 0.812. The maximum Gasteiger partial charge on any atom is 0.225 e. The minimum atomic E-state index is 0.737. The van der Waals surface area contributed by atoms with Crippen LogP contribution < -0.4 is 9.80 Å². The summed E-state index contributed by atoms with van der Waals surface area (Å²) in [7, 11) is 0. The Morgan fingerprint density at radius 1 is 1.08 bits per heavy atom. The van der Waals surface area contributed by atoms with Crippen LogP contribution in [0.25, 0.3) is 5.69 Å². The summed E-state index contributed by atoms with van der Waals surface area (Å²) in [6.45, 7) is 6.76. The van der Waals surface area contributed by atoms with Crippen LogP contribution in [0.3, 0.4) is 0 Å². The van der Waals surface area contributed by atoms with E-state index in [1.807, 2.05) is 33.8 Å². The van der Waals surface area contributed by atoms with Crippen LogP contribution in [0, 0.1) is 11.7 Å². The van der Waals surface area contributed by atoms with Crippen molar-refractivity contribution in [1.29, 1.82) is 0 Å². The molecule has 0 atom stereocenters. The second kappa shape index (κ2) is 7.35. The molecule has 2 aromatic heterocycles. The van der Waals surface area contributed by atoms with Gasteiger partial charge in [-0.2, -0.15) is 9.78 Å². The van der Waals surface area contributed by atoms with Gasteiger partial charge in [0.2, 0.25) is 10.7 Å². The largest absolute Gasteiger partial charge is 0.330 e. The van der Waals surface area contributed by atoms with Gasteiger partial charge in [0.25, 0.3) is 0 Å². The smallest absolute Gasteiger partial charge is 0.225 e. The number of nitrogens with one attached hydrogen (secondary N) is 1. The van der Waals surface area contributed by atoms with Crippen molar-refractivity contribution in [3.8, 4) is 5.69 Å². The van der Waals surface area contributed by atoms with Gasteiger partial charge in [-0.3, -0.25) is 4.57 Å². The Labute approximate surface area is 157 Å². The van der Waals surface area contributed by atoms with E-state index < -0.39 is 0 Å². The highest BCUT2D eigenvalue weighted by atomic mass is 32.1. The predicted molar refractivity (Wildman–Crippen MR) is 102 cm³/mol. The summed E-state index contributed by atoms with van der Waals surface area (Å²) in [4.78, 5) is 12.4. The van der Waals surface area contributed by atoms with Gasteiger partial charge in [-0.15, -0.1) is 0 Å². The first kappa shape index (κ1) is 16.9. The summed E-state index contributed by atoms with van der Waals surface area (Å²) >= 11 is 5.65. The average Bonchev–Trinajstić information content (AvgIpc) is 3.04. The lowest BCUT2D eigenvalue weighted by molar-refractivity contribution is -0.924. The van der Waals surface area contributed by atoms with E-state index >= 15 is 0 Å². The van der Waals surface area contributed by atoms with Crippen LogP contribution in [-0.2, 0) is 6.67 Å². The van der Waals surface area contributed by atoms with Crippen molar-refractivity contribution in [2.24, 2.45) is 0 Å². The van der Waals surface area contributed by atoms with Crippen LogP contribution in [0.2, 0.25) is 0 Å². The highest BCUT2D eigenvalue weighted by Gasteiger charge is 2.22. The fourth-order valence-electron chi connectivity index (χ4n) is 3.29. The number of para-hydroxylation sites is 1. The summed E-state index contributed by atoms with van der Waals surface area (Å²) < 4.78 is 4.64. The third-order valence-electron chi connectivity index (χ3n) is 4.79. The molecule has 134 valence electrons. The van der Waals surface area contributed by atoms with Crippen LogP contribution in [0.15, 0.2) is 49.1 Å². The molecular formula is C18H22N7S+. The maximum atomic E-state index is 5.65. The zero-order valence-electron chi connectivity index (χ0n) is 14.7. The predicted octanol–water partition coefficient (Wildman–Crippen LogP) is 0.864. The molecule has 0 radical (unpaired) electrons. The zero-order chi connectivity index (χ0) is 17.9. The van der Waals surface area contributed by atoms with Gasteiger partial charge in [-0.25, -0.2) is 9.97 Å². The Bertz CT molecular complexity index is 926. The number of piperazine rings is 1. The van der Waals surface area contributed by atoms with Gasteiger partial charge in [-0.05, 0) is 36.8 Å². The van der Waals surface area contributed by atoms with Crippen LogP contribution in [0.4, 0.5) is 5.95 Å². The highest BCUT2D eigenvalue weighted by Crippen LogP contribution is 2.13. The Morgan fingerprint density at radius 3 is 2.54 bits per heavy atom. The number of hydrogen-bond acceptors (Lipinski definition) is 5. The molecule has 0 spiro atoms. The highest BCUT2D eigenvalue weighted by molar-refractivity contribution is 7.71.